The molecule has 2 aromatic rings. The summed E-state index contributed by atoms with van der Waals surface area (Å²) in [5, 5.41) is 4.48. The standard InChI is InChI=1S/C21H21ClN2O3/c1-21(2)14-24(20(21)26)18-9-5-16(6-10-18)19(25)11-12-23-27-13-15-3-7-17(22)8-4-15/h3-10,12H,11,13-14H2,1-2H3/b23-12-. The summed E-state index contributed by atoms with van der Waals surface area (Å²) < 4.78 is 0. The molecule has 1 heterocycles. The number of oxime groups is 1. The number of carbonyl (C=O) groups is 2. The van der Waals surface area contributed by atoms with Crippen molar-refractivity contribution in [2.45, 2.75) is 26.9 Å². The molecule has 1 saturated heterocycles. The van der Waals surface area contributed by atoms with E-state index >= 15 is 0 Å². The summed E-state index contributed by atoms with van der Waals surface area (Å²) in [4.78, 5) is 31.2. The summed E-state index contributed by atoms with van der Waals surface area (Å²) >= 11 is 5.82. The van der Waals surface area contributed by atoms with Gasteiger partial charge in [0.15, 0.2) is 5.78 Å². The molecule has 0 saturated carbocycles. The monoisotopic (exact) mass is 384 g/mol. The molecular formula is C21H21ClN2O3. The van der Waals surface area contributed by atoms with Gasteiger partial charge in [-0.3, -0.25) is 9.59 Å². The smallest absolute Gasteiger partial charge is 0.234 e. The highest BCUT2D eigenvalue weighted by Crippen LogP contribution is 2.35. The Hall–Kier alpha value is -2.66. The van der Waals surface area contributed by atoms with Crippen molar-refractivity contribution in [2.75, 3.05) is 11.4 Å². The Labute approximate surface area is 163 Å². The number of rotatable bonds is 7. The molecule has 0 aliphatic carbocycles. The fourth-order valence-corrected chi connectivity index (χ4v) is 2.95. The molecule has 0 aromatic heterocycles. The van der Waals surface area contributed by atoms with Gasteiger partial charge < -0.3 is 9.74 Å². The zero-order valence-electron chi connectivity index (χ0n) is 15.3. The van der Waals surface area contributed by atoms with Crippen LogP contribution < -0.4 is 4.90 Å². The Morgan fingerprint density at radius 2 is 1.85 bits per heavy atom. The van der Waals surface area contributed by atoms with Crippen LogP contribution in [0.5, 0.6) is 0 Å². The topological polar surface area (TPSA) is 59.0 Å². The lowest BCUT2D eigenvalue weighted by Crippen LogP contribution is -2.58. The Morgan fingerprint density at radius 3 is 2.44 bits per heavy atom. The van der Waals surface area contributed by atoms with Crippen molar-refractivity contribution in [2.24, 2.45) is 10.6 Å². The molecule has 0 spiro atoms. The highest BCUT2D eigenvalue weighted by Gasteiger charge is 2.44. The number of Topliss-reactive ketones (excluding diaryl/α,β-unsaturated/α-hetero) is 1. The molecule has 1 aliphatic rings. The highest BCUT2D eigenvalue weighted by molar-refractivity contribution is 6.30. The van der Waals surface area contributed by atoms with Crippen molar-refractivity contribution >= 4 is 35.2 Å². The van der Waals surface area contributed by atoms with Gasteiger partial charge in [0, 0.05) is 29.2 Å². The van der Waals surface area contributed by atoms with Crippen LogP contribution >= 0.6 is 11.6 Å². The first-order valence-corrected chi connectivity index (χ1v) is 9.08. The fraction of sp³-hybridized carbons (Fsp3) is 0.286. The van der Waals surface area contributed by atoms with Gasteiger partial charge in [0.1, 0.15) is 6.61 Å². The molecule has 1 fully saturated rings. The van der Waals surface area contributed by atoms with E-state index in [1.54, 1.807) is 41.3 Å². The first kappa shape index (κ1) is 19.1. The summed E-state index contributed by atoms with van der Waals surface area (Å²) in [5.41, 5.74) is 2.05. The molecule has 1 aliphatic heterocycles. The Bertz CT molecular complexity index is 858. The van der Waals surface area contributed by atoms with Crippen molar-refractivity contribution < 1.29 is 14.4 Å². The summed E-state index contributed by atoms with van der Waals surface area (Å²) in [6.45, 7) is 4.86. The summed E-state index contributed by atoms with van der Waals surface area (Å²) in [5.74, 6) is 0.0437. The van der Waals surface area contributed by atoms with Crippen molar-refractivity contribution in [3.05, 3.63) is 64.7 Å². The van der Waals surface area contributed by atoms with Crippen LogP contribution in [0.15, 0.2) is 53.7 Å². The SMILES string of the molecule is CC1(C)CN(c2ccc(C(=O)C/C=N\OCc3ccc(Cl)cc3)cc2)C1=O. The molecule has 0 N–H and O–H groups in total. The van der Waals surface area contributed by atoms with Gasteiger partial charge in [-0.15, -0.1) is 0 Å². The fourth-order valence-electron chi connectivity index (χ4n) is 2.83. The Kier molecular flexibility index (Phi) is 5.61. The quantitative estimate of drug-likeness (QED) is 0.306. The minimum atomic E-state index is -0.295. The van der Waals surface area contributed by atoms with Crippen molar-refractivity contribution in [1.82, 2.24) is 0 Å². The van der Waals surface area contributed by atoms with Crippen LogP contribution in [0, 0.1) is 5.41 Å². The first-order chi connectivity index (χ1) is 12.9. The lowest BCUT2D eigenvalue weighted by Gasteiger charge is -2.44. The molecule has 0 radical (unpaired) electrons. The molecule has 2 aromatic carbocycles. The van der Waals surface area contributed by atoms with E-state index in [0.29, 0.717) is 23.7 Å². The molecule has 140 valence electrons. The van der Waals surface area contributed by atoms with Crippen molar-refractivity contribution in [1.29, 1.82) is 0 Å². The number of amides is 1. The van der Waals surface area contributed by atoms with E-state index in [1.807, 2.05) is 26.0 Å². The molecule has 1 amide bonds. The summed E-state index contributed by atoms with van der Waals surface area (Å²) in [7, 11) is 0. The minimum Gasteiger partial charge on any atom is -0.391 e. The number of carbonyl (C=O) groups excluding carboxylic acids is 2. The maximum absolute atomic E-state index is 12.2. The molecular weight excluding hydrogens is 364 g/mol. The maximum Gasteiger partial charge on any atom is 0.234 e. The van der Waals surface area contributed by atoms with Crippen molar-refractivity contribution in [3.8, 4) is 0 Å². The summed E-state index contributed by atoms with van der Waals surface area (Å²) in [6, 6.07) is 14.3. The third-order valence-electron chi connectivity index (χ3n) is 4.45. The van der Waals surface area contributed by atoms with Crippen LogP contribution in [0.3, 0.4) is 0 Å². The Balaban J connectivity index is 1.47. The average molecular weight is 385 g/mol. The average Bonchev–Trinajstić information content (AvgIpc) is 2.67. The number of hydrogen-bond donors (Lipinski definition) is 0. The van der Waals surface area contributed by atoms with Gasteiger partial charge in [-0.2, -0.15) is 0 Å². The first-order valence-electron chi connectivity index (χ1n) is 8.70. The Morgan fingerprint density at radius 1 is 1.19 bits per heavy atom. The predicted molar refractivity (Wildman–Crippen MR) is 106 cm³/mol. The number of halogens is 1. The highest BCUT2D eigenvalue weighted by atomic mass is 35.5. The number of hydrogen-bond acceptors (Lipinski definition) is 4. The third kappa shape index (κ3) is 4.55. The van der Waals surface area contributed by atoms with E-state index in [9.17, 15) is 9.59 Å². The predicted octanol–water partition coefficient (Wildman–Crippen LogP) is 4.49. The molecule has 0 bridgehead atoms. The van der Waals surface area contributed by atoms with Crippen LogP contribution in [-0.4, -0.2) is 24.4 Å². The van der Waals surface area contributed by atoms with Gasteiger partial charge in [0.2, 0.25) is 5.91 Å². The second-order valence-electron chi connectivity index (χ2n) is 7.14. The van der Waals surface area contributed by atoms with Gasteiger partial charge in [-0.25, -0.2) is 0 Å². The van der Waals surface area contributed by atoms with Gasteiger partial charge in [0.05, 0.1) is 11.6 Å². The van der Waals surface area contributed by atoms with Crippen molar-refractivity contribution in [3.63, 3.8) is 0 Å². The van der Waals surface area contributed by atoms with Crippen LogP contribution in [0.2, 0.25) is 5.02 Å². The zero-order chi connectivity index (χ0) is 19.4. The third-order valence-corrected chi connectivity index (χ3v) is 4.70. The molecule has 3 rings (SSSR count). The molecule has 0 unspecified atom stereocenters. The van der Waals surface area contributed by atoms with Crippen LogP contribution in [0.25, 0.3) is 0 Å². The molecule has 27 heavy (non-hydrogen) atoms. The van der Waals surface area contributed by atoms with Gasteiger partial charge in [-0.1, -0.05) is 28.9 Å². The normalized spacial score (nSPS) is 15.7. The second-order valence-corrected chi connectivity index (χ2v) is 7.57. The number of anilines is 1. The minimum absolute atomic E-state index is 0.0596. The van der Waals surface area contributed by atoms with Gasteiger partial charge >= 0.3 is 0 Å². The van der Waals surface area contributed by atoms with E-state index in [4.69, 9.17) is 16.4 Å². The number of ketones is 1. The van der Waals surface area contributed by atoms with E-state index in [-0.39, 0.29) is 23.5 Å². The molecule has 0 atom stereocenters. The summed E-state index contributed by atoms with van der Waals surface area (Å²) in [6.07, 6.45) is 1.60. The number of nitrogens with zero attached hydrogens (tertiary/aromatic N) is 2. The number of β-lactam (4-membered cyclic amide) rings is 1. The maximum atomic E-state index is 12.2. The number of benzene rings is 2. The van der Waals surface area contributed by atoms with Crippen LogP contribution in [-0.2, 0) is 16.2 Å². The molecule has 6 heteroatoms. The lowest BCUT2D eigenvalue weighted by atomic mass is 9.82. The zero-order valence-corrected chi connectivity index (χ0v) is 16.1. The lowest BCUT2D eigenvalue weighted by molar-refractivity contribution is -0.132. The van der Waals surface area contributed by atoms with E-state index in [0.717, 1.165) is 11.3 Å². The van der Waals surface area contributed by atoms with Crippen LogP contribution in [0.1, 0.15) is 36.2 Å². The van der Waals surface area contributed by atoms with Gasteiger partial charge in [-0.05, 0) is 55.8 Å². The molecule has 5 nitrogen and oxygen atoms in total. The van der Waals surface area contributed by atoms with Gasteiger partial charge in [0.25, 0.3) is 0 Å². The van der Waals surface area contributed by atoms with E-state index in [1.165, 1.54) is 6.21 Å². The second kappa shape index (κ2) is 7.92. The largest absolute Gasteiger partial charge is 0.391 e. The van der Waals surface area contributed by atoms with E-state index in [2.05, 4.69) is 5.16 Å². The van der Waals surface area contributed by atoms with Crippen LogP contribution in [0.4, 0.5) is 5.69 Å². The van der Waals surface area contributed by atoms with E-state index < -0.39 is 0 Å².